The van der Waals surface area contributed by atoms with E-state index < -0.39 is 23.6 Å². The molecule has 29 heavy (non-hydrogen) atoms. The molecule has 8 nitrogen and oxygen atoms in total. The van der Waals surface area contributed by atoms with Crippen LogP contribution in [0.15, 0.2) is 24.4 Å². The highest BCUT2D eigenvalue weighted by atomic mass is 35.5. The highest BCUT2D eigenvalue weighted by Crippen LogP contribution is 2.41. The number of carbonyl (C=O) groups excluding carboxylic acids is 1. The summed E-state index contributed by atoms with van der Waals surface area (Å²) in [5.74, 6) is 0.134. The lowest BCUT2D eigenvalue weighted by Gasteiger charge is -2.27. The molecular weight excluding hydrogens is 400 g/mol. The fourth-order valence-corrected chi connectivity index (χ4v) is 4.19. The number of benzene rings is 1. The second-order valence-electron chi connectivity index (χ2n) is 7.18. The molecule has 2 atom stereocenters. The highest BCUT2D eigenvalue weighted by molar-refractivity contribution is 6.32. The first-order valence-corrected chi connectivity index (χ1v) is 9.55. The topological polar surface area (TPSA) is 109 Å². The van der Waals surface area contributed by atoms with Crippen LogP contribution in [0.25, 0.3) is 10.9 Å². The van der Waals surface area contributed by atoms with Crippen LogP contribution in [-0.4, -0.2) is 59.5 Å². The predicted molar refractivity (Wildman–Crippen MR) is 106 cm³/mol. The average molecular weight is 423 g/mol. The lowest BCUT2D eigenvalue weighted by atomic mass is 9.80. The monoisotopic (exact) mass is 422 g/mol. The smallest absolute Gasteiger partial charge is 0.407 e. The van der Waals surface area contributed by atoms with Crippen molar-refractivity contribution in [1.29, 1.82) is 0 Å². The van der Waals surface area contributed by atoms with E-state index in [1.165, 1.54) is 18.2 Å². The van der Waals surface area contributed by atoms with E-state index in [0.717, 1.165) is 0 Å². The number of hydrogen-bond donors (Lipinski definition) is 2. The summed E-state index contributed by atoms with van der Waals surface area (Å²) in [5, 5.41) is 21.2. The number of aliphatic hydroxyl groups is 1. The van der Waals surface area contributed by atoms with E-state index in [0.29, 0.717) is 33.7 Å². The van der Waals surface area contributed by atoms with Crippen LogP contribution in [0.5, 0.6) is 5.75 Å². The number of pyridine rings is 1. The molecule has 0 saturated carbocycles. The van der Waals surface area contributed by atoms with Crippen molar-refractivity contribution in [2.24, 2.45) is 5.41 Å². The second-order valence-corrected chi connectivity index (χ2v) is 7.59. The van der Waals surface area contributed by atoms with E-state index >= 15 is 0 Å². The van der Waals surface area contributed by atoms with Crippen LogP contribution >= 0.6 is 11.6 Å². The van der Waals surface area contributed by atoms with Crippen molar-refractivity contribution in [2.45, 2.75) is 25.4 Å². The van der Waals surface area contributed by atoms with Crippen LogP contribution in [-0.2, 0) is 9.53 Å². The van der Waals surface area contributed by atoms with Gasteiger partial charge in [-0.3, -0.25) is 9.78 Å². The number of fused-ring (bicyclic) bond motifs is 1. The number of nitrogens with zero attached hydrogens (tertiary/aromatic N) is 2. The van der Waals surface area contributed by atoms with E-state index in [1.807, 2.05) is 0 Å². The first-order valence-electron chi connectivity index (χ1n) is 9.18. The molecule has 1 saturated heterocycles. The minimum atomic E-state index is -1.08. The van der Waals surface area contributed by atoms with Crippen molar-refractivity contribution < 1.29 is 29.3 Å². The fourth-order valence-electron chi connectivity index (χ4n) is 3.92. The molecule has 1 aliphatic heterocycles. The van der Waals surface area contributed by atoms with Crippen LogP contribution in [0, 0.1) is 5.41 Å². The van der Waals surface area contributed by atoms with Gasteiger partial charge >= 0.3 is 12.1 Å². The van der Waals surface area contributed by atoms with Gasteiger partial charge < -0.3 is 24.6 Å². The Bertz CT molecular complexity index is 937. The Hall–Kier alpha value is -2.58. The molecule has 2 unspecified atom stereocenters. The molecule has 2 N–H and O–H groups in total. The van der Waals surface area contributed by atoms with Crippen molar-refractivity contribution in [2.75, 3.05) is 27.3 Å². The lowest BCUT2D eigenvalue weighted by Crippen LogP contribution is -2.37. The Kier molecular flexibility index (Phi) is 6.14. The lowest BCUT2D eigenvalue weighted by molar-refractivity contribution is -0.152. The summed E-state index contributed by atoms with van der Waals surface area (Å²) < 4.78 is 10.2. The quantitative estimate of drug-likeness (QED) is 0.687. The van der Waals surface area contributed by atoms with Crippen molar-refractivity contribution in [3.05, 3.63) is 35.0 Å². The molecule has 9 heteroatoms. The average Bonchev–Trinajstić information content (AvgIpc) is 3.17. The standard InChI is InChI=1S/C20H23ClN2O6/c1-28-12-3-4-15-13(9-12)17(14(21)10-22-15)16(24)5-6-20(18(25)29-2)7-8-23(11-20)19(26)27/h3-4,9-10,16,24H,5-8,11H2,1-2H3,(H,26,27). The molecule has 156 valence electrons. The van der Waals surface area contributed by atoms with Gasteiger partial charge in [0, 0.05) is 30.2 Å². The van der Waals surface area contributed by atoms with Gasteiger partial charge in [-0.2, -0.15) is 0 Å². The number of methoxy groups -OCH3 is 2. The number of carboxylic acid groups (broad SMARTS) is 1. The summed E-state index contributed by atoms with van der Waals surface area (Å²) in [4.78, 5) is 29.2. The Labute approximate surface area is 173 Å². The van der Waals surface area contributed by atoms with Gasteiger partial charge in [-0.1, -0.05) is 11.6 Å². The first kappa shape index (κ1) is 21.1. The molecule has 1 aromatic heterocycles. The number of aliphatic hydroxyl groups excluding tert-OH is 1. The largest absolute Gasteiger partial charge is 0.497 e. The van der Waals surface area contributed by atoms with Gasteiger partial charge in [0.25, 0.3) is 0 Å². The zero-order valence-corrected chi connectivity index (χ0v) is 17.0. The summed E-state index contributed by atoms with van der Waals surface area (Å²) in [7, 11) is 2.83. The highest BCUT2D eigenvalue weighted by Gasteiger charge is 2.47. The molecule has 1 aromatic carbocycles. The van der Waals surface area contributed by atoms with Gasteiger partial charge in [0.1, 0.15) is 5.75 Å². The third kappa shape index (κ3) is 4.09. The Morgan fingerprint density at radius 2 is 2.14 bits per heavy atom. The van der Waals surface area contributed by atoms with Crippen molar-refractivity contribution in [1.82, 2.24) is 9.88 Å². The molecule has 0 aliphatic carbocycles. The summed E-state index contributed by atoms with van der Waals surface area (Å²) >= 11 is 6.34. The summed E-state index contributed by atoms with van der Waals surface area (Å²) in [5.41, 5.74) is 0.176. The SMILES string of the molecule is COC(=O)C1(CCC(O)c2c(Cl)cnc3ccc(OC)cc23)CCN(C(=O)O)C1. The molecule has 0 bridgehead atoms. The molecule has 0 radical (unpaired) electrons. The van der Waals surface area contributed by atoms with E-state index in [4.69, 9.17) is 21.1 Å². The number of carbonyl (C=O) groups is 2. The van der Waals surface area contributed by atoms with Crippen molar-refractivity contribution in [3.8, 4) is 5.75 Å². The van der Waals surface area contributed by atoms with Crippen molar-refractivity contribution >= 4 is 34.6 Å². The van der Waals surface area contributed by atoms with Crippen LogP contribution in [0.3, 0.4) is 0 Å². The Morgan fingerprint density at radius 1 is 1.38 bits per heavy atom. The maximum atomic E-state index is 12.4. The molecule has 2 aromatic rings. The van der Waals surface area contributed by atoms with Gasteiger partial charge in [-0.25, -0.2) is 4.79 Å². The number of halogens is 1. The molecule has 3 rings (SSSR count). The zero-order valence-electron chi connectivity index (χ0n) is 16.2. The van der Waals surface area contributed by atoms with Gasteiger partial charge in [-0.05, 0) is 37.5 Å². The number of hydrogen-bond acceptors (Lipinski definition) is 6. The maximum absolute atomic E-state index is 12.4. The van der Waals surface area contributed by atoms with Gasteiger partial charge in [-0.15, -0.1) is 0 Å². The van der Waals surface area contributed by atoms with E-state index in [-0.39, 0.29) is 25.9 Å². The minimum Gasteiger partial charge on any atom is -0.497 e. The van der Waals surface area contributed by atoms with Crippen LogP contribution in [0.2, 0.25) is 5.02 Å². The van der Waals surface area contributed by atoms with E-state index in [2.05, 4.69) is 4.98 Å². The van der Waals surface area contributed by atoms with Crippen LogP contribution in [0.1, 0.15) is 30.9 Å². The molecule has 1 fully saturated rings. The number of rotatable bonds is 6. The number of likely N-dealkylation sites (tertiary alicyclic amines) is 1. The van der Waals surface area contributed by atoms with E-state index in [1.54, 1.807) is 25.3 Å². The number of amides is 1. The third-order valence-corrected chi connectivity index (χ3v) is 5.84. The number of esters is 1. The minimum absolute atomic E-state index is 0.0420. The summed E-state index contributed by atoms with van der Waals surface area (Å²) in [6.45, 7) is 0.289. The molecule has 0 spiro atoms. The third-order valence-electron chi connectivity index (χ3n) is 5.54. The Balaban J connectivity index is 1.88. The van der Waals surface area contributed by atoms with Gasteiger partial charge in [0.05, 0.1) is 36.3 Å². The molecule has 1 amide bonds. The van der Waals surface area contributed by atoms with E-state index in [9.17, 15) is 19.8 Å². The Morgan fingerprint density at radius 3 is 2.76 bits per heavy atom. The fraction of sp³-hybridized carbons (Fsp3) is 0.450. The van der Waals surface area contributed by atoms with Crippen LogP contribution in [0.4, 0.5) is 4.79 Å². The van der Waals surface area contributed by atoms with Gasteiger partial charge in [0.2, 0.25) is 0 Å². The zero-order chi connectivity index (χ0) is 21.2. The number of ether oxygens (including phenoxy) is 2. The predicted octanol–water partition coefficient (Wildman–Crippen LogP) is 3.25. The van der Waals surface area contributed by atoms with Crippen molar-refractivity contribution in [3.63, 3.8) is 0 Å². The first-order chi connectivity index (χ1) is 13.8. The normalized spacial score (nSPS) is 19.9. The molecule has 2 heterocycles. The maximum Gasteiger partial charge on any atom is 0.407 e. The number of aromatic nitrogens is 1. The summed E-state index contributed by atoms with van der Waals surface area (Å²) in [6.07, 6.45) is 0.240. The second kappa shape index (κ2) is 8.42. The molecular formula is C20H23ClN2O6. The van der Waals surface area contributed by atoms with Crippen LogP contribution < -0.4 is 4.74 Å². The summed E-state index contributed by atoms with van der Waals surface area (Å²) in [6, 6.07) is 5.30. The molecule has 1 aliphatic rings. The van der Waals surface area contributed by atoms with Gasteiger partial charge in [0.15, 0.2) is 0 Å².